The second kappa shape index (κ2) is 8.68. The average Bonchev–Trinajstić information content (AvgIpc) is 2.88. The maximum Gasteiger partial charge on any atom is 0.221 e. The highest BCUT2D eigenvalue weighted by molar-refractivity contribution is 5.75. The van der Waals surface area contributed by atoms with E-state index in [1.54, 1.807) is 19.2 Å². The van der Waals surface area contributed by atoms with Crippen LogP contribution in [0.1, 0.15) is 18.3 Å². The maximum absolute atomic E-state index is 11.3. The van der Waals surface area contributed by atoms with Crippen LogP contribution in [-0.2, 0) is 9.53 Å². The molecular formula is C12H20N2O4. The van der Waals surface area contributed by atoms with Gasteiger partial charge in [0.2, 0.25) is 5.91 Å². The molecule has 1 unspecified atom stereocenters. The van der Waals surface area contributed by atoms with E-state index in [0.29, 0.717) is 38.4 Å². The third-order valence-corrected chi connectivity index (χ3v) is 2.37. The number of ether oxygens (including phenoxy) is 1. The molecule has 6 heteroatoms. The van der Waals surface area contributed by atoms with Crippen molar-refractivity contribution < 1.29 is 19.1 Å². The first-order valence-corrected chi connectivity index (χ1v) is 5.92. The molecule has 0 saturated heterocycles. The molecule has 0 aliphatic carbocycles. The van der Waals surface area contributed by atoms with Gasteiger partial charge in [0.25, 0.3) is 0 Å². The Bertz CT molecular complexity index is 327. The lowest BCUT2D eigenvalue weighted by atomic mass is 10.2. The van der Waals surface area contributed by atoms with Gasteiger partial charge in [0.15, 0.2) is 0 Å². The van der Waals surface area contributed by atoms with Crippen LogP contribution in [0.4, 0.5) is 0 Å². The lowest BCUT2D eigenvalue weighted by Crippen LogP contribution is -2.31. The van der Waals surface area contributed by atoms with E-state index in [9.17, 15) is 9.90 Å². The first kappa shape index (κ1) is 14.7. The van der Waals surface area contributed by atoms with Crippen molar-refractivity contribution in [2.24, 2.45) is 0 Å². The van der Waals surface area contributed by atoms with Gasteiger partial charge < -0.3 is 24.9 Å². The Morgan fingerprint density at radius 1 is 1.56 bits per heavy atom. The smallest absolute Gasteiger partial charge is 0.221 e. The molecule has 1 aromatic heterocycles. The predicted molar refractivity (Wildman–Crippen MR) is 66.0 cm³/mol. The molecule has 3 N–H and O–H groups in total. The summed E-state index contributed by atoms with van der Waals surface area (Å²) >= 11 is 0. The molecule has 0 fully saturated rings. The standard InChI is InChI=1S/C12H20N2O4/c1-17-8-6-14-12(16)4-5-13-9-10(15)11-3-2-7-18-11/h2-3,7,10,13,15H,4-6,8-9H2,1H3,(H,14,16). The van der Waals surface area contributed by atoms with Gasteiger partial charge >= 0.3 is 0 Å². The van der Waals surface area contributed by atoms with Crippen molar-refractivity contribution in [3.05, 3.63) is 24.2 Å². The van der Waals surface area contributed by atoms with E-state index in [4.69, 9.17) is 9.15 Å². The number of amides is 1. The normalized spacial score (nSPS) is 12.3. The fourth-order valence-corrected chi connectivity index (χ4v) is 1.40. The number of carbonyl (C=O) groups is 1. The minimum absolute atomic E-state index is 0.0351. The maximum atomic E-state index is 11.3. The highest BCUT2D eigenvalue weighted by atomic mass is 16.5. The van der Waals surface area contributed by atoms with Crippen LogP contribution in [0.3, 0.4) is 0 Å². The van der Waals surface area contributed by atoms with Gasteiger partial charge in [0, 0.05) is 33.2 Å². The zero-order valence-electron chi connectivity index (χ0n) is 10.5. The number of furan rings is 1. The number of hydrogen-bond acceptors (Lipinski definition) is 5. The summed E-state index contributed by atoms with van der Waals surface area (Å²) in [6.45, 7) is 1.90. The first-order valence-electron chi connectivity index (χ1n) is 5.92. The molecule has 0 bridgehead atoms. The van der Waals surface area contributed by atoms with Crippen LogP contribution in [0.25, 0.3) is 0 Å². The molecule has 0 radical (unpaired) electrons. The monoisotopic (exact) mass is 256 g/mol. The Kier molecular flexibility index (Phi) is 7.09. The van der Waals surface area contributed by atoms with Gasteiger partial charge in [-0.2, -0.15) is 0 Å². The van der Waals surface area contributed by atoms with Crippen LogP contribution in [0, 0.1) is 0 Å². The van der Waals surface area contributed by atoms with Gasteiger partial charge in [0.05, 0.1) is 12.9 Å². The van der Waals surface area contributed by atoms with Crippen LogP contribution in [0.5, 0.6) is 0 Å². The van der Waals surface area contributed by atoms with Crippen molar-refractivity contribution in [2.75, 3.05) is 33.4 Å². The summed E-state index contributed by atoms with van der Waals surface area (Å²) in [5.74, 6) is 0.485. The van der Waals surface area contributed by atoms with Crippen molar-refractivity contribution in [3.8, 4) is 0 Å². The molecular weight excluding hydrogens is 236 g/mol. The molecule has 1 atom stereocenters. The molecule has 1 amide bonds. The quantitative estimate of drug-likeness (QED) is 0.544. The predicted octanol–water partition coefficient (Wildman–Crippen LogP) is 0.0553. The van der Waals surface area contributed by atoms with Gasteiger partial charge in [-0.3, -0.25) is 4.79 Å². The van der Waals surface area contributed by atoms with Gasteiger partial charge in [-0.1, -0.05) is 0 Å². The summed E-state index contributed by atoms with van der Waals surface area (Å²) in [4.78, 5) is 11.3. The lowest BCUT2D eigenvalue weighted by Gasteiger charge is -2.09. The summed E-state index contributed by atoms with van der Waals surface area (Å²) in [7, 11) is 1.59. The Hall–Kier alpha value is -1.37. The fraction of sp³-hybridized carbons (Fsp3) is 0.583. The van der Waals surface area contributed by atoms with Gasteiger partial charge in [0.1, 0.15) is 11.9 Å². The molecule has 0 aromatic carbocycles. The van der Waals surface area contributed by atoms with Crippen LogP contribution < -0.4 is 10.6 Å². The minimum atomic E-state index is -0.684. The number of hydrogen-bond donors (Lipinski definition) is 3. The Labute approximate surface area is 106 Å². The second-order valence-corrected chi connectivity index (χ2v) is 3.83. The van der Waals surface area contributed by atoms with Crippen LogP contribution in [0.2, 0.25) is 0 Å². The summed E-state index contributed by atoms with van der Waals surface area (Å²) in [6.07, 6.45) is 1.20. The van der Waals surface area contributed by atoms with E-state index in [-0.39, 0.29) is 5.91 Å². The summed E-state index contributed by atoms with van der Waals surface area (Å²) in [5, 5.41) is 15.4. The van der Waals surface area contributed by atoms with Crippen LogP contribution in [-0.4, -0.2) is 44.4 Å². The molecule has 18 heavy (non-hydrogen) atoms. The highest BCUT2D eigenvalue weighted by Crippen LogP contribution is 2.11. The largest absolute Gasteiger partial charge is 0.467 e. The second-order valence-electron chi connectivity index (χ2n) is 3.83. The molecule has 1 rings (SSSR count). The Balaban J connectivity index is 2.02. The molecule has 1 aromatic rings. The van der Waals surface area contributed by atoms with Crippen molar-refractivity contribution in [2.45, 2.75) is 12.5 Å². The van der Waals surface area contributed by atoms with Gasteiger partial charge in [-0.15, -0.1) is 0 Å². The molecule has 0 saturated carbocycles. The third kappa shape index (κ3) is 5.81. The van der Waals surface area contributed by atoms with E-state index in [0.717, 1.165) is 0 Å². The molecule has 0 aliphatic rings. The Morgan fingerprint density at radius 3 is 3.06 bits per heavy atom. The zero-order valence-corrected chi connectivity index (χ0v) is 10.5. The van der Waals surface area contributed by atoms with E-state index in [1.807, 2.05) is 0 Å². The number of aliphatic hydroxyl groups is 1. The number of nitrogens with one attached hydrogen (secondary N) is 2. The number of methoxy groups -OCH3 is 1. The zero-order chi connectivity index (χ0) is 13.2. The molecule has 1 heterocycles. The highest BCUT2D eigenvalue weighted by Gasteiger charge is 2.09. The summed E-state index contributed by atoms with van der Waals surface area (Å²) in [6, 6.07) is 3.44. The molecule has 6 nitrogen and oxygen atoms in total. The third-order valence-electron chi connectivity index (χ3n) is 2.37. The van der Waals surface area contributed by atoms with Crippen molar-refractivity contribution in [1.82, 2.24) is 10.6 Å². The van der Waals surface area contributed by atoms with Crippen LogP contribution in [0.15, 0.2) is 22.8 Å². The Morgan fingerprint density at radius 2 is 2.39 bits per heavy atom. The van der Waals surface area contributed by atoms with E-state index < -0.39 is 6.10 Å². The molecule has 102 valence electrons. The van der Waals surface area contributed by atoms with E-state index in [1.165, 1.54) is 6.26 Å². The molecule has 0 aliphatic heterocycles. The first-order chi connectivity index (χ1) is 8.74. The fourth-order valence-electron chi connectivity index (χ4n) is 1.40. The van der Waals surface area contributed by atoms with Crippen LogP contribution >= 0.6 is 0 Å². The number of aliphatic hydroxyl groups excluding tert-OH is 1. The number of rotatable bonds is 9. The average molecular weight is 256 g/mol. The lowest BCUT2D eigenvalue weighted by molar-refractivity contribution is -0.121. The van der Waals surface area contributed by atoms with Gasteiger partial charge in [-0.05, 0) is 12.1 Å². The molecule has 0 spiro atoms. The SMILES string of the molecule is COCCNC(=O)CCNCC(O)c1ccco1. The van der Waals surface area contributed by atoms with E-state index in [2.05, 4.69) is 10.6 Å². The van der Waals surface area contributed by atoms with Crippen molar-refractivity contribution in [3.63, 3.8) is 0 Å². The van der Waals surface area contributed by atoms with Gasteiger partial charge in [-0.25, -0.2) is 0 Å². The summed E-state index contributed by atoms with van der Waals surface area (Å²) < 4.78 is 9.87. The van der Waals surface area contributed by atoms with Crippen molar-refractivity contribution >= 4 is 5.91 Å². The number of carbonyl (C=O) groups excluding carboxylic acids is 1. The van der Waals surface area contributed by atoms with E-state index >= 15 is 0 Å². The summed E-state index contributed by atoms with van der Waals surface area (Å²) in [5.41, 5.74) is 0. The topological polar surface area (TPSA) is 83.7 Å². The minimum Gasteiger partial charge on any atom is -0.467 e. The van der Waals surface area contributed by atoms with Crippen molar-refractivity contribution in [1.29, 1.82) is 0 Å².